The fourth-order valence-electron chi connectivity index (χ4n) is 1.78. The number of halogens is 4. The molecule has 0 aliphatic rings. The molecule has 0 fully saturated rings. The minimum absolute atomic E-state index is 0.152. The topological polar surface area (TPSA) is 9.23 Å². The molecule has 0 aliphatic heterocycles. The van der Waals surface area contributed by atoms with Gasteiger partial charge in [-0.25, -0.2) is 4.39 Å². The maximum atomic E-state index is 13.8. The predicted octanol–water partition coefficient (Wildman–Crippen LogP) is 4.52. The Morgan fingerprint density at radius 3 is 2.11 bits per heavy atom. The predicted molar refractivity (Wildman–Crippen MR) is 63.4 cm³/mol. The summed E-state index contributed by atoms with van der Waals surface area (Å²) in [5.74, 6) is -0.265. The van der Waals surface area contributed by atoms with Gasteiger partial charge in [0.15, 0.2) is 0 Å². The van der Waals surface area contributed by atoms with Crippen molar-refractivity contribution in [1.82, 2.24) is 0 Å². The molecule has 1 nitrogen and oxygen atoms in total. The number of benzene rings is 2. The highest BCUT2D eigenvalue weighted by atomic mass is 19.4. The molecule has 0 saturated carbocycles. The first-order valence-corrected chi connectivity index (χ1v) is 5.43. The van der Waals surface area contributed by atoms with Crippen molar-refractivity contribution in [2.75, 3.05) is 7.11 Å². The van der Waals surface area contributed by atoms with Crippen LogP contribution in [-0.2, 0) is 6.18 Å². The number of alkyl halides is 3. The van der Waals surface area contributed by atoms with E-state index in [2.05, 4.69) is 0 Å². The molecule has 0 heterocycles. The van der Waals surface area contributed by atoms with Gasteiger partial charge in [0.25, 0.3) is 0 Å². The normalized spacial score (nSPS) is 11.4. The maximum Gasteiger partial charge on any atom is 0.416 e. The summed E-state index contributed by atoms with van der Waals surface area (Å²) >= 11 is 0. The first-order valence-electron chi connectivity index (χ1n) is 5.43. The third-order valence-corrected chi connectivity index (χ3v) is 2.70. The zero-order valence-corrected chi connectivity index (χ0v) is 9.96. The van der Waals surface area contributed by atoms with Crippen LogP contribution in [0.4, 0.5) is 17.6 Å². The third kappa shape index (κ3) is 2.70. The number of hydrogen-bond acceptors (Lipinski definition) is 1. The molecule has 2 aromatic carbocycles. The molecule has 2 rings (SSSR count). The van der Waals surface area contributed by atoms with E-state index in [0.29, 0.717) is 5.56 Å². The Kier molecular flexibility index (Phi) is 3.46. The number of methoxy groups -OCH3 is 1. The van der Waals surface area contributed by atoms with Crippen molar-refractivity contribution in [2.45, 2.75) is 6.18 Å². The van der Waals surface area contributed by atoms with Gasteiger partial charge in [-0.3, -0.25) is 0 Å². The molecule has 0 aliphatic carbocycles. The summed E-state index contributed by atoms with van der Waals surface area (Å²) in [7, 11) is 1.38. The van der Waals surface area contributed by atoms with Crippen LogP contribution in [0.3, 0.4) is 0 Å². The largest absolute Gasteiger partial charge is 0.496 e. The van der Waals surface area contributed by atoms with E-state index in [4.69, 9.17) is 4.74 Å². The van der Waals surface area contributed by atoms with Gasteiger partial charge >= 0.3 is 6.18 Å². The third-order valence-electron chi connectivity index (χ3n) is 2.70. The van der Waals surface area contributed by atoms with Crippen molar-refractivity contribution in [3.63, 3.8) is 0 Å². The van der Waals surface area contributed by atoms with Crippen molar-refractivity contribution >= 4 is 0 Å². The molecule has 0 aromatic heterocycles. The second-order valence-electron chi connectivity index (χ2n) is 3.89. The molecular weight excluding hydrogens is 260 g/mol. The summed E-state index contributed by atoms with van der Waals surface area (Å²) in [6, 6.07) is 8.54. The highest BCUT2D eigenvalue weighted by Gasteiger charge is 2.30. The molecule has 2 aromatic rings. The summed E-state index contributed by atoms with van der Waals surface area (Å²) in [6.45, 7) is 0. The Morgan fingerprint density at radius 1 is 0.947 bits per heavy atom. The lowest BCUT2D eigenvalue weighted by Crippen LogP contribution is -2.04. The standard InChI is InChI=1S/C14H10F4O/c1-19-12-4-2-3-11(15)13(12)9-5-7-10(8-6-9)14(16,17)18/h2-8H,1H3. The Hall–Kier alpha value is -2.04. The minimum Gasteiger partial charge on any atom is -0.496 e. The molecule has 19 heavy (non-hydrogen) atoms. The SMILES string of the molecule is COc1cccc(F)c1-c1ccc(C(F)(F)F)cc1. The molecule has 100 valence electrons. The molecule has 0 bridgehead atoms. The van der Waals surface area contributed by atoms with Crippen LogP contribution in [0, 0.1) is 5.82 Å². The van der Waals surface area contributed by atoms with Crippen LogP contribution in [0.1, 0.15) is 5.56 Å². The average molecular weight is 270 g/mol. The molecule has 0 N–H and O–H groups in total. The van der Waals surface area contributed by atoms with Crippen LogP contribution < -0.4 is 4.74 Å². The highest BCUT2D eigenvalue weighted by Crippen LogP contribution is 2.35. The van der Waals surface area contributed by atoms with Crippen molar-refractivity contribution < 1.29 is 22.3 Å². The van der Waals surface area contributed by atoms with Crippen LogP contribution in [0.2, 0.25) is 0 Å². The molecule has 0 unspecified atom stereocenters. The van der Waals surface area contributed by atoms with E-state index in [1.54, 1.807) is 6.07 Å². The fourth-order valence-corrected chi connectivity index (χ4v) is 1.78. The lowest BCUT2D eigenvalue weighted by atomic mass is 10.0. The number of hydrogen-bond donors (Lipinski definition) is 0. The fraction of sp³-hybridized carbons (Fsp3) is 0.143. The first kappa shape index (κ1) is 13.4. The van der Waals surface area contributed by atoms with E-state index in [-0.39, 0.29) is 11.3 Å². The van der Waals surface area contributed by atoms with Gasteiger partial charge in [0, 0.05) is 0 Å². The lowest BCUT2D eigenvalue weighted by molar-refractivity contribution is -0.137. The Bertz CT molecular complexity index is 573. The summed E-state index contributed by atoms with van der Waals surface area (Å²) in [5.41, 5.74) is -0.284. The molecule has 0 saturated heterocycles. The van der Waals surface area contributed by atoms with Gasteiger partial charge in [-0.05, 0) is 29.8 Å². The van der Waals surface area contributed by atoms with Gasteiger partial charge in [-0.1, -0.05) is 18.2 Å². The van der Waals surface area contributed by atoms with E-state index in [1.165, 1.54) is 31.4 Å². The number of rotatable bonds is 2. The number of ether oxygens (including phenoxy) is 1. The van der Waals surface area contributed by atoms with Gasteiger partial charge < -0.3 is 4.74 Å². The molecule has 0 atom stereocenters. The summed E-state index contributed by atoms with van der Waals surface area (Å²) < 4.78 is 56.1. The zero-order chi connectivity index (χ0) is 14.0. The average Bonchev–Trinajstić information content (AvgIpc) is 2.37. The van der Waals surface area contributed by atoms with Crippen LogP contribution >= 0.6 is 0 Å². The monoisotopic (exact) mass is 270 g/mol. The Labute approximate surface area is 107 Å². The van der Waals surface area contributed by atoms with Crippen molar-refractivity contribution in [3.05, 3.63) is 53.8 Å². The maximum absolute atomic E-state index is 13.8. The van der Waals surface area contributed by atoms with Crippen LogP contribution in [0.5, 0.6) is 5.75 Å². The lowest BCUT2D eigenvalue weighted by Gasteiger charge is -2.11. The van der Waals surface area contributed by atoms with E-state index in [1.807, 2.05) is 0 Å². The minimum atomic E-state index is -4.40. The van der Waals surface area contributed by atoms with Crippen molar-refractivity contribution in [3.8, 4) is 16.9 Å². The smallest absolute Gasteiger partial charge is 0.416 e. The van der Waals surface area contributed by atoms with Gasteiger partial charge in [0.1, 0.15) is 11.6 Å². The van der Waals surface area contributed by atoms with E-state index in [0.717, 1.165) is 12.1 Å². The Balaban J connectivity index is 2.49. The van der Waals surface area contributed by atoms with E-state index in [9.17, 15) is 17.6 Å². The van der Waals surface area contributed by atoms with Gasteiger partial charge in [0.2, 0.25) is 0 Å². The zero-order valence-electron chi connectivity index (χ0n) is 9.96. The van der Waals surface area contributed by atoms with Gasteiger partial charge in [0.05, 0.1) is 18.2 Å². The highest BCUT2D eigenvalue weighted by molar-refractivity contribution is 5.71. The van der Waals surface area contributed by atoms with Crippen molar-refractivity contribution in [2.24, 2.45) is 0 Å². The Morgan fingerprint density at radius 2 is 1.58 bits per heavy atom. The first-order chi connectivity index (χ1) is 8.93. The van der Waals surface area contributed by atoms with Gasteiger partial charge in [-0.15, -0.1) is 0 Å². The second-order valence-corrected chi connectivity index (χ2v) is 3.89. The quantitative estimate of drug-likeness (QED) is 0.729. The van der Waals surface area contributed by atoms with E-state index >= 15 is 0 Å². The van der Waals surface area contributed by atoms with Crippen LogP contribution in [0.15, 0.2) is 42.5 Å². The van der Waals surface area contributed by atoms with E-state index < -0.39 is 17.6 Å². The molecular formula is C14H10F4O. The molecule has 0 amide bonds. The van der Waals surface area contributed by atoms with Crippen LogP contribution in [-0.4, -0.2) is 7.11 Å². The summed E-state index contributed by atoms with van der Waals surface area (Å²) in [5, 5.41) is 0. The summed E-state index contributed by atoms with van der Waals surface area (Å²) in [4.78, 5) is 0. The van der Waals surface area contributed by atoms with Gasteiger partial charge in [-0.2, -0.15) is 13.2 Å². The second kappa shape index (κ2) is 4.91. The molecule has 0 spiro atoms. The molecule has 0 radical (unpaired) electrons. The summed E-state index contributed by atoms with van der Waals surface area (Å²) in [6.07, 6.45) is -4.40. The van der Waals surface area contributed by atoms with Crippen molar-refractivity contribution in [1.29, 1.82) is 0 Å². The molecule has 5 heteroatoms. The van der Waals surface area contributed by atoms with Crippen LogP contribution in [0.25, 0.3) is 11.1 Å².